The van der Waals surface area contributed by atoms with Gasteiger partial charge in [-0.15, -0.1) is 0 Å². The number of rotatable bonds is 3. The van der Waals surface area contributed by atoms with Gasteiger partial charge in [-0.3, -0.25) is 9.69 Å². The van der Waals surface area contributed by atoms with E-state index in [-0.39, 0.29) is 17.4 Å². The molecule has 2 heterocycles. The summed E-state index contributed by atoms with van der Waals surface area (Å²) in [4.78, 5) is 13.5. The van der Waals surface area contributed by atoms with E-state index in [0.717, 1.165) is 32.4 Å². The number of carboxylic acids is 1. The van der Waals surface area contributed by atoms with E-state index in [1.807, 2.05) is 0 Å². The van der Waals surface area contributed by atoms with Crippen molar-refractivity contribution in [3.05, 3.63) is 0 Å². The Hall–Kier alpha value is -0.610. The quantitative estimate of drug-likeness (QED) is 0.838. The highest BCUT2D eigenvalue weighted by atomic mass is 16.5. The molecular weight excluding hydrogens is 230 g/mol. The molecule has 0 aromatic carbocycles. The third-order valence-electron chi connectivity index (χ3n) is 4.79. The summed E-state index contributed by atoms with van der Waals surface area (Å²) in [5, 5.41) is 9.20. The maximum atomic E-state index is 11.2. The summed E-state index contributed by atoms with van der Waals surface area (Å²) in [5.74, 6) is -0.575. The first-order valence-corrected chi connectivity index (χ1v) is 7.06. The van der Waals surface area contributed by atoms with Crippen LogP contribution in [0.2, 0.25) is 0 Å². The van der Waals surface area contributed by atoms with Crippen LogP contribution < -0.4 is 0 Å². The van der Waals surface area contributed by atoms with Gasteiger partial charge in [0.05, 0.1) is 11.5 Å². The van der Waals surface area contributed by atoms with E-state index >= 15 is 0 Å². The Morgan fingerprint density at radius 1 is 1.50 bits per heavy atom. The minimum absolute atomic E-state index is 0.0204. The summed E-state index contributed by atoms with van der Waals surface area (Å²) in [6, 6.07) is 0.496. The molecule has 0 aromatic rings. The third-order valence-corrected chi connectivity index (χ3v) is 4.79. The van der Waals surface area contributed by atoms with E-state index in [0.29, 0.717) is 12.6 Å². The van der Waals surface area contributed by atoms with Crippen LogP contribution in [0.5, 0.6) is 0 Å². The Kier molecular flexibility index (Phi) is 3.97. The normalized spacial score (nSPS) is 42.1. The molecular formula is C14H25NO3. The van der Waals surface area contributed by atoms with Crippen LogP contribution in [0, 0.1) is 11.8 Å². The number of hydrogen-bond donors (Lipinski definition) is 1. The Labute approximate surface area is 109 Å². The molecule has 0 aromatic heterocycles. The average molecular weight is 255 g/mol. The van der Waals surface area contributed by atoms with Gasteiger partial charge in [-0.05, 0) is 32.1 Å². The predicted octanol–water partition coefficient (Wildman–Crippen LogP) is 1.99. The maximum absolute atomic E-state index is 11.2. The lowest BCUT2D eigenvalue weighted by Gasteiger charge is -2.41. The van der Waals surface area contributed by atoms with Crippen molar-refractivity contribution in [2.45, 2.75) is 51.7 Å². The fourth-order valence-electron chi connectivity index (χ4n) is 3.28. The molecule has 2 aliphatic rings. The second kappa shape index (κ2) is 5.17. The molecule has 4 nitrogen and oxygen atoms in total. The van der Waals surface area contributed by atoms with E-state index in [4.69, 9.17) is 4.74 Å². The Morgan fingerprint density at radius 3 is 2.78 bits per heavy atom. The zero-order valence-electron chi connectivity index (χ0n) is 11.7. The Morgan fingerprint density at radius 2 is 2.22 bits per heavy atom. The molecule has 1 N–H and O–H groups in total. The topological polar surface area (TPSA) is 49.8 Å². The highest BCUT2D eigenvalue weighted by molar-refractivity contribution is 5.71. The summed E-state index contributed by atoms with van der Waals surface area (Å²) >= 11 is 0. The summed E-state index contributed by atoms with van der Waals surface area (Å²) in [6.45, 7) is 8.82. The van der Waals surface area contributed by atoms with E-state index in [1.54, 1.807) is 0 Å². The Bertz CT molecular complexity index is 320. The largest absolute Gasteiger partial charge is 0.481 e. The average Bonchev–Trinajstić information content (AvgIpc) is 2.72. The summed E-state index contributed by atoms with van der Waals surface area (Å²) in [7, 11) is 0. The fourth-order valence-corrected chi connectivity index (χ4v) is 3.28. The fraction of sp³-hybridized carbons (Fsp3) is 0.929. The van der Waals surface area contributed by atoms with Crippen LogP contribution in [-0.4, -0.2) is 47.3 Å². The molecule has 0 aliphatic carbocycles. The molecule has 18 heavy (non-hydrogen) atoms. The van der Waals surface area contributed by atoms with Crippen LogP contribution >= 0.6 is 0 Å². The van der Waals surface area contributed by atoms with Crippen LogP contribution in [-0.2, 0) is 9.53 Å². The molecule has 4 atom stereocenters. The lowest BCUT2D eigenvalue weighted by molar-refractivity contribution is -0.142. The van der Waals surface area contributed by atoms with Gasteiger partial charge in [-0.25, -0.2) is 0 Å². The predicted molar refractivity (Wildman–Crippen MR) is 69.5 cm³/mol. The lowest BCUT2D eigenvalue weighted by Crippen LogP contribution is -2.46. The van der Waals surface area contributed by atoms with Gasteiger partial charge < -0.3 is 9.84 Å². The number of carboxylic acid groups (broad SMARTS) is 1. The SMILES string of the molecule is CCC1(C)CC(N2CC(C)C(C(=O)O)C2)CCO1. The second-order valence-electron chi connectivity index (χ2n) is 6.17. The molecule has 2 saturated heterocycles. The number of likely N-dealkylation sites (tertiary alicyclic amines) is 1. The van der Waals surface area contributed by atoms with Gasteiger partial charge in [0.1, 0.15) is 0 Å². The molecule has 4 heteroatoms. The van der Waals surface area contributed by atoms with Crippen LogP contribution in [0.4, 0.5) is 0 Å². The molecule has 0 radical (unpaired) electrons. The minimum Gasteiger partial charge on any atom is -0.481 e. The first-order valence-electron chi connectivity index (χ1n) is 7.06. The van der Waals surface area contributed by atoms with Crippen LogP contribution in [0.1, 0.15) is 40.0 Å². The monoisotopic (exact) mass is 255 g/mol. The smallest absolute Gasteiger partial charge is 0.308 e. The maximum Gasteiger partial charge on any atom is 0.308 e. The molecule has 0 spiro atoms. The number of aliphatic carboxylic acids is 1. The van der Waals surface area contributed by atoms with E-state index < -0.39 is 5.97 Å². The molecule has 104 valence electrons. The zero-order valence-corrected chi connectivity index (χ0v) is 11.7. The van der Waals surface area contributed by atoms with Gasteiger partial charge in [0.2, 0.25) is 0 Å². The van der Waals surface area contributed by atoms with Crippen molar-refractivity contribution in [2.75, 3.05) is 19.7 Å². The molecule has 2 fully saturated rings. The number of ether oxygens (including phenoxy) is 1. The standard InChI is InChI=1S/C14H25NO3/c1-4-14(3)7-11(5-6-18-14)15-8-10(2)12(9-15)13(16)17/h10-12H,4-9H2,1-3H3,(H,16,17). The second-order valence-corrected chi connectivity index (χ2v) is 6.17. The molecule has 0 saturated carbocycles. The van der Waals surface area contributed by atoms with Gasteiger partial charge in [0, 0.05) is 25.7 Å². The van der Waals surface area contributed by atoms with E-state index in [1.165, 1.54) is 0 Å². The summed E-state index contributed by atoms with van der Waals surface area (Å²) in [6.07, 6.45) is 3.09. The number of carbonyl (C=O) groups is 1. The molecule has 2 rings (SSSR count). The van der Waals surface area contributed by atoms with Gasteiger partial charge in [0.25, 0.3) is 0 Å². The first kappa shape index (κ1) is 13.8. The minimum atomic E-state index is -0.643. The van der Waals surface area contributed by atoms with Gasteiger partial charge in [-0.2, -0.15) is 0 Å². The summed E-state index contributed by atoms with van der Waals surface area (Å²) in [5.41, 5.74) is -0.0204. The molecule has 4 unspecified atom stereocenters. The van der Waals surface area contributed by atoms with E-state index in [2.05, 4.69) is 25.7 Å². The molecule has 0 amide bonds. The number of hydrogen-bond acceptors (Lipinski definition) is 3. The van der Waals surface area contributed by atoms with Crippen LogP contribution in [0.3, 0.4) is 0 Å². The van der Waals surface area contributed by atoms with Crippen LogP contribution in [0.15, 0.2) is 0 Å². The van der Waals surface area contributed by atoms with Crippen molar-refractivity contribution in [1.29, 1.82) is 0 Å². The van der Waals surface area contributed by atoms with Crippen molar-refractivity contribution in [2.24, 2.45) is 11.8 Å². The van der Waals surface area contributed by atoms with Crippen molar-refractivity contribution in [1.82, 2.24) is 4.90 Å². The van der Waals surface area contributed by atoms with E-state index in [9.17, 15) is 9.90 Å². The highest BCUT2D eigenvalue weighted by Gasteiger charge is 2.41. The number of nitrogens with zero attached hydrogens (tertiary/aromatic N) is 1. The third kappa shape index (κ3) is 2.69. The molecule has 2 aliphatic heterocycles. The van der Waals surface area contributed by atoms with Crippen molar-refractivity contribution >= 4 is 5.97 Å². The van der Waals surface area contributed by atoms with Crippen molar-refractivity contribution < 1.29 is 14.6 Å². The lowest BCUT2D eigenvalue weighted by atomic mass is 9.89. The van der Waals surface area contributed by atoms with Gasteiger partial charge in [0.15, 0.2) is 0 Å². The van der Waals surface area contributed by atoms with Gasteiger partial charge >= 0.3 is 5.97 Å². The first-order chi connectivity index (χ1) is 8.45. The zero-order chi connectivity index (χ0) is 13.3. The van der Waals surface area contributed by atoms with Gasteiger partial charge in [-0.1, -0.05) is 13.8 Å². The van der Waals surface area contributed by atoms with Crippen LogP contribution in [0.25, 0.3) is 0 Å². The molecule has 0 bridgehead atoms. The summed E-state index contributed by atoms with van der Waals surface area (Å²) < 4.78 is 5.86. The highest BCUT2D eigenvalue weighted by Crippen LogP contribution is 2.34. The Balaban J connectivity index is 1.99. The van der Waals surface area contributed by atoms with Crippen molar-refractivity contribution in [3.8, 4) is 0 Å². The van der Waals surface area contributed by atoms with Crippen molar-refractivity contribution in [3.63, 3.8) is 0 Å².